The first kappa shape index (κ1) is 13.6. The lowest BCUT2D eigenvalue weighted by Crippen LogP contribution is -2.43. The van der Waals surface area contributed by atoms with Crippen LogP contribution in [0.3, 0.4) is 0 Å². The van der Waals surface area contributed by atoms with Crippen molar-refractivity contribution >= 4 is 0 Å². The van der Waals surface area contributed by atoms with Crippen molar-refractivity contribution in [2.24, 2.45) is 17.6 Å². The average Bonchev–Trinajstić information content (AvgIpc) is 2.83. The Labute approximate surface area is 110 Å². The fourth-order valence-electron chi connectivity index (χ4n) is 2.80. The van der Waals surface area contributed by atoms with E-state index in [0.29, 0.717) is 12.6 Å². The fraction of sp³-hybridized carbons (Fsp3) is 0.786. The quantitative estimate of drug-likeness (QED) is 0.887. The third kappa shape index (κ3) is 2.75. The molecule has 0 saturated carbocycles. The molecule has 1 aromatic rings. The van der Waals surface area contributed by atoms with Crippen LogP contribution >= 0.6 is 0 Å². The minimum atomic E-state index is 0.334. The zero-order valence-electron chi connectivity index (χ0n) is 11.8. The summed E-state index contributed by atoms with van der Waals surface area (Å²) in [5.74, 6) is 1.59. The van der Waals surface area contributed by atoms with Gasteiger partial charge >= 0.3 is 0 Å². The van der Waals surface area contributed by atoms with Gasteiger partial charge in [-0.05, 0) is 31.7 Å². The van der Waals surface area contributed by atoms with Gasteiger partial charge in [0.05, 0.1) is 12.2 Å². The summed E-state index contributed by atoms with van der Waals surface area (Å²) < 4.78 is 1.98. The second-order valence-electron chi connectivity index (χ2n) is 5.62. The summed E-state index contributed by atoms with van der Waals surface area (Å²) in [7, 11) is 0. The van der Waals surface area contributed by atoms with Crippen molar-refractivity contribution in [2.75, 3.05) is 19.6 Å². The summed E-state index contributed by atoms with van der Waals surface area (Å²) >= 11 is 0. The SMILES string of the molecule is CCn1cc(C(CN)N2CCC(C)C(C)C2)cn1. The molecule has 2 rings (SSSR count). The molecule has 3 atom stereocenters. The van der Waals surface area contributed by atoms with E-state index in [9.17, 15) is 0 Å². The average molecular weight is 250 g/mol. The van der Waals surface area contributed by atoms with Gasteiger partial charge in [0.25, 0.3) is 0 Å². The number of piperidine rings is 1. The van der Waals surface area contributed by atoms with Gasteiger partial charge in [-0.1, -0.05) is 13.8 Å². The Morgan fingerprint density at radius 2 is 2.22 bits per heavy atom. The third-order valence-electron chi connectivity index (χ3n) is 4.39. The van der Waals surface area contributed by atoms with E-state index in [-0.39, 0.29) is 0 Å². The molecule has 0 aromatic carbocycles. The molecule has 4 nitrogen and oxygen atoms in total. The van der Waals surface area contributed by atoms with Crippen LogP contribution in [0.4, 0.5) is 0 Å². The zero-order valence-corrected chi connectivity index (χ0v) is 11.8. The number of nitrogens with zero attached hydrogens (tertiary/aromatic N) is 3. The lowest BCUT2D eigenvalue weighted by atomic mass is 9.87. The zero-order chi connectivity index (χ0) is 13.1. The Hall–Kier alpha value is -0.870. The number of hydrogen-bond donors (Lipinski definition) is 1. The first-order chi connectivity index (χ1) is 8.65. The minimum absolute atomic E-state index is 0.334. The highest BCUT2D eigenvalue weighted by Gasteiger charge is 2.28. The third-order valence-corrected chi connectivity index (χ3v) is 4.39. The van der Waals surface area contributed by atoms with Gasteiger partial charge in [-0.2, -0.15) is 5.10 Å². The number of aromatic nitrogens is 2. The lowest BCUT2D eigenvalue weighted by Gasteiger charge is -2.39. The summed E-state index contributed by atoms with van der Waals surface area (Å²) in [5.41, 5.74) is 7.25. The van der Waals surface area contributed by atoms with E-state index in [1.54, 1.807) is 0 Å². The van der Waals surface area contributed by atoms with Crippen molar-refractivity contribution in [2.45, 2.75) is 39.8 Å². The Balaban J connectivity index is 2.08. The second kappa shape index (κ2) is 5.85. The maximum atomic E-state index is 5.99. The highest BCUT2D eigenvalue weighted by molar-refractivity contribution is 5.11. The molecule has 0 bridgehead atoms. The topological polar surface area (TPSA) is 47.1 Å². The van der Waals surface area contributed by atoms with Crippen molar-refractivity contribution < 1.29 is 0 Å². The van der Waals surface area contributed by atoms with Crippen LogP contribution < -0.4 is 5.73 Å². The van der Waals surface area contributed by atoms with Gasteiger partial charge in [-0.3, -0.25) is 9.58 Å². The van der Waals surface area contributed by atoms with E-state index in [2.05, 4.69) is 37.0 Å². The monoisotopic (exact) mass is 250 g/mol. The summed E-state index contributed by atoms with van der Waals surface area (Å²) in [6, 6.07) is 0.334. The molecule has 18 heavy (non-hydrogen) atoms. The predicted octanol–water partition coefficient (Wildman–Crippen LogP) is 1.88. The first-order valence-corrected chi connectivity index (χ1v) is 7.12. The van der Waals surface area contributed by atoms with Crippen LogP contribution in [-0.4, -0.2) is 34.3 Å². The van der Waals surface area contributed by atoms with Crippen LogP contribution in [0.1, 0.15) is 38.8 Å². The fourth-order valence-corrected chi connectivity index (χ4v) is 2.80. The predicted molar refractivity (Wildman–Crippen MR) is 74.2 cm³/mol. The van der Waals surface area contributed by atoms with Crippen molar-refractivity contribution in [1.29, 1.82) is 0 Å². The summed E-state index contributed by atoms with van der Waals surface area (Å²) in [6.45, 7) is 10.7. The molecule has 3 unspecified atom stereocenters. The van der Waals surface area contributed by atoms with E-state index in [0.717, 1.165) is 31.5 Å². The number of likely N-dealkylation sites (tertiary alicyclic amines) is 1. The number of rotatable bonds is 4. The largest absolute Gasteiger partial charge is 0.329 e. The van der Waals surface area contributed by atoms with Crippen LogP contribution in [0, 0.1) is 11.8 Å². The molecule has 4 heteroatoms. The molecule has 0 spiro atoms. The molecule has 1 fully saturated rings. The molecule has 1 aliphatic rings. The van der Waals surface area contributed by atoms with Crippen LogP contribution in [0.2, 0.25) is 0 Å². The molecule has 102 valence electrons. The van der Waals surface area contributed by atoms with Gasteiger partial charge < -0.3 is 5.73 Å². The van der Waals surface area contributed by atoms with Crippen molar-refractivity contribution in [3.05, 3.63) is 18.0 Å². The van der Waals surface area contributed by atoms with E-state index < -0.39 is 0 Å². The maximum absolute atomic E-state index is 5.99. The Bertz CT molecular complexity index is 374. The normalized spacial score (nSPS) is 27.3. The number of hydrogen-bond acceptors (Lipinski definition) is 3. The molecule has 2 N–H and O–H groups in total. The van der Waals surface area contributed by atoms with Crippen LogP contribution in [0.15, 0.2) is 12.4 Å². The molecule has 1 aromatic heterocycles. The maximum Gasteiger partial charge on any atom is 0.0538 e. The van der Waals surface area contributed by atoms with Gasteiger partial charge in [0.15, 0.2) is 0 Å². The van der Waals surface area contributed by atoms with E-state index in [1.807, 2.05) is 10.9 Å². The first-order valence-electron chi connectivity index (χ1n) is 7.12. The van der Waals surface area contributed by atoms with E-state index in [4.69, 9.17) is 5.73 Å². The molecule has 1 saturated heterocycles. The van der Waals surface area contributed by atoms with Crippen LogP contribution in [0.25, 0.3) is 0 Å². The smallest absolute Gasteiger partial charge is 0.0538 e. The molecule has 1 aliphatic heterocycles. The van der Waals surface area contributed by atoms with Gasteiger partial charge in [0.2, 0.25) is 0 Å². The van der Waals surface area contributed by atoms with Crippen LogP contribution in [0.5, 0.6) is 0 Å². The number of nitrogens with two attached hydrogens (primary N) is 1. The van der Waals surface area contributed by atoms with E-state index >= 15 is 0 Å². The Morgan fingerprint density at radius 3 is 2.78 bits per heavy atom. The van der Waals surface area contributed by atoms with Crippen molar-refractivity contribution in [1.82, 2.24) is 14.7 Å². The highest BCUT2D eigenvalue weighted by Crippen LogP contribution is 2.29. The summed E-state index contributed by atoms with van der Waals surface area (Å²) in [4.78, 5) is 2.53. The summed E-state index contributed by atoms with van der Waals surface area (Å²) in [6.07, 6.45) is 5.39. The second-order valence-corrected chi connectivity index (χ2v) is 5.62. The Morgan fingerprint density at radius 1 is 1.44 bits per heavy atom. The minimum Gasteiger partial charge on any atom is -0.329 e. The summed E-state index contributed by atoms with van der Waals surface area (Å²) in [5, 5.41) is 4.37. The molecule has 0 amide bonds. The van der Waals surface area contributed by atoms with Gasteiger partial charge in [0.1, 0.15) is 0 Å². The molecular formula is C14H26N4. The molecule has 0 radical (unpaired) electrons. The van der Waals surface area contributed by atoms with Gasteiger partial charge in [-0.25, -0.2) is 0 Å². The Kier molecular flexibility index (Phi) is 4.40. The van der Waals surface area contributed by atoms with Crippen LogP contribution in [-0.2, 0) is 6.54 Å². The standard InChI is InChI=1S/C14H26N4/c1-4-18-10-13(8-16-18)14(7-15)17-6-5-11(2)12(3)9-17/h8,10-12,14H,4-7,9,15H2,1-3H3. The van der Waals surface area contributed by atoms with Crippen molar-refractivity contribution in [3.63, 3.8) is 0 Å². The van der Waals surface area contributed by atoms with Gasteiger partial charge in [-0.15, -0.1) is 0 Å². The highest BCUT2D eigenvalue weighted by atomic mass is 15.3. The lowest BCUT2D eigenvalue weighted by molar-refractivity contribution is 0.0983. The van der Waals surface area contributed by atoms with Crippen molar-refractivity contribution in [3.8, 4) is 0 Å². The van der Waals surface area contributed by atoms with Gasteiger partial charge in [0, 0.05) is 31.4 Å². The van der Waals surface area contributed by atoms with E-state index in [1.165, 1.54) is 12.0 Å². The molecule has 0 aliphatic carbocycles. The number of aryl methyl sites for hydroxylation is 1. The molecule has 2 heterocycles. The molecular weight excluding hydrogens is 224 g/mol.